The summed E-state index contributed by atoms with van der Waals surface area (Å²) >= 11 is 0. The van der Waals surface area contributed by atoms with E-state index >= 15 is 0 Å². The molecule has 1 heterocycles. The summed E-state index contributed by atoms with van der Waals surface area (Å²) in [5, 5.41) is 9.26. The number of para-hydroxylation sites is 1. The number of phosphoric acid groups is 1. The Morgan fingerprint density at radius 3 is 2.24 bits per heavy atom. The Kier molecular flexibility index (Phi) is 7.76. The topological polar surface area (TPSA) is 153 Å². The SMILES string of the molecule is O=C(O)c1cccc2[nH]c(/C=C/c3ccc(OCc4ccccc4)cc3)nc12.O=P(O)(O)O. The minimum absolute atomic E-state index is 0.188. The molecule has 4 rings (SSSR count). The molecule has 0 saturated heterocycles. The van der Waals surface area contributed by atoms with Crippen LogP contribution in [0.1, 0.15) is 27.3 Å². The van der Waals surface area contributed by atoms with Gasteiger partial charge in [-0.15, -0.1) is 0 Å². The number of aromatic nitrogens is 2. The van der Waals surface area contributed by atoms with E-state index in [9.17, 15) is 9.90 Å². The number of carboxylic acid groups (broad SMARTS) is 1. The molecule has 0 aliphatic carbocycles. The Bertz CT molecular complexity index is 1290. The highest BCUT2D eigenvalue weighted by Gasteiger charge is 2.11. The third-order valence-electron chi connectivity index (χ3n) is 4.32. The molecule has 33 heavy (non-hydrogen) atoms. The van der Waals surface area contributed by atoms with E-state index in [1.54, 1.807) is 12.1 Å². The van der Waals surface area contributed by atoms with Crippen LogP contribution in [0.2, 0.25) is 0 Å². The fourth-order valence-corrected chi connectivity index (χ4v) is 2.89. The van der Waals surface area contributed by atoms with Gasteiger partial charge in [-0.25, -0.2) is 14.3 Å². The monoisotopic (exact) mass is 468 g/mol. The van der Waals surface area contributed by atoms with Gasteiger partial charge in [-0.2, -0.15) is 0 Å². The van der Waals surface area contributed by atoms with Gasteiger partial charge >= 0.3 is 13.8 Å². The summed E-state index contributed by atoms with van der Waals surface area (Å²) in [7, 11) is -4.64. The molecule has 10 heteroatoms. The smallest absolute Gasteiger partial charge is 0.466 e. The number of benzene rings is 3. The number of fused-ring (bicyclic) bond motifs is 1. The second-order valence-electron chi connectivity index (χ2n) is 6.82. The van der Waals surface area contributed by atoms with E-state index in [1.807, 2.05) is 72.8 Å². The highest BCUT2D eigenvalue weighted by Crippen LogP contribution is 2.25. The van der Waals surface area contributed by atoms with E-state index in [0.717, 1.165) is 16.9 Å². The molecule has 5 N–H and O–H groups in total. The van der Waals surface area contributed by atoms with Crippen molar-refractivity contribution in [3.63, 3.8) is 0 Å². The number of nitrogens with one attached hydrogen (secondary N) is 1. The summed E-state index contributed by atoms with van der Waals surface area (Å²) in [6, 6.07) is 22.8. The summed E-state index contributed by atoms with van der Waals surface area (Å²) in [6.07, 6.45) is 3.74. The summed E-state index contributed by atoms with van der Waals surface area (Å²) in [5.41, 5.74) is 3.46. The minimum Gasteiger partial charge on any atom is -0.489 e. The second-order valence-corrected chi connectivity index (χ2v) is 7.85. The van der Waals surface area contributed by atoms with Crippen molar-refractivity contribution in [2.24, 2.45) is 0 Å². The van der Waals surface area contributed by atoms with Crippen molar-refractivity contribution in [2.45, 2.75) is 6.61 Å². The van der Waals surface area contributed by atoms with Crippen LogP contribution in [0.3, 0.4) is 0 Å². The number of hydrogen-bond donors (Lipinski definition) is 5. The fraction of sp³-hybridized carbons (Fsp3) is 0.0435. The summed E-state index contributed by atoms with van der Waals surface area (Å²) in [5.74, 6) is 0.419. The van der Waals surface area contributed by atoms with Gasteiger partial charge in [0.2, 0.25) is 0 Å². The Balaban J connectivity index is 0.000000555. The number of rotatable bonds is 6. The maximum absolute atomic E-state index is 11.3. The van der Waals surface area contributed by atoms with Crippen LogP contribution < -0.4 is 4.74 Å². The van der Waals surface area contributed by atoms with E-state index < -0.39 is 13.8 Å². The molecule has 0 aliphatic heterocycles. The Labute approximate surface area is 188 Å². The maximum Gasteiger partial charge on any atom is 0.466 e. The number of hydrogen-bond acceptors (Lipinski definition) is 4. The molecule has 9 nitrogen and oxygen atoms in total. The Morgan fingerprint density at radius 2 is 1.61 bits per heavy atom. The lowest BCUT2D eigenvalue weighted by atomic mass is 10.2. The largest absolute Gasteiger partial charge is 0.489 e. The zero-order chi connectivity index (χ0) is 23.8. The molecule has 3 aromatic carbocycles. The number of H-pyrrole nitrogens is 1. The molecule has 0 radical (unpaired) electrons. The summed E-state index contributed by atoms with van der Waals surface area (Å²) in [4.78, 5) is 40.4. The van der Waals surface area contributed by atoms with E-state index in [1.165, 1.54) is 0 Å². The van der Waals surface area contributed by atoms with Crippen molar-refractivity contribution >= 4 is 37.0 Å². The molecule has 170 valence electrons. The number of aromatic amines is 1. The minimum atomic E-state index is -4.64. The van der Waals surface area contributed by atoms with Crippen molar-refractivity contribution in [2.75, 3.05) is 0 Å². The zero-order valence-electron chi connectivity index (χ0n) is 17.2. The van der Waals surface area contributed by atoms with Gasteiger partial charge < -0.3 is 29.5 Å². The second kappa shape index (κ2) is 10.7. The maximum atomic E-state index is 11.3. The molecular formula is C23H21N2O7P. The van der Waals surface area contributed by atoms with Gasteiger partial charge in [0.05, 0.1) is 11.1 Å². The molecule has 0 saturated carbocycles. The van der Waals surface area contributed by atoms with Crippen LogP contribution in [0.25, 0.3) is 23.2 Å². The van der Waals surface area contributed by atoms with Crippen molar-refractivity contribution in [3.05, 3.63) is 95.3 Å². The quantitative estimate of drug-likeness (QED) is 0.265. The predicted molar refractivity (Wildman–Crippen MR) is 123 cm³/mol. The number of carbonyl (C=O) groups is 1. The highest BCUT2D eigenvalue weighted by molar-refractivity contribution is 7.45. The first-order valence-electron chi connectivity index (χ1n) is 9.64. The van der Waals surface area contributed by atoms with Gasteiger partial charge in [-0.05, 0) is 41.5 Å². The van der Waals surface area contributed by atoms with Crippen molar-refractivity contribution in [1.82, 2.24) is 9.97 Å². The van der Waals surface area contributed by atoms with Crippen LogP contribution in [0.5, 0.6) is 5.75 Å². The van der Waals surface area contributed by atoms with Crippen LogP contribution in [0.4, 0.5) is 0 Å². The van der Waals surface area contributed by atoms with E-state index in [2.05, 4.69) is 9.97 Å². The van der Waals surface area contributed by atoms with E-state index in [-0.39, 0.29) is 5.56 Å². The molecule has 0 amide bonds. The zero-order valence-corrected chi connectivity index (χ0v) is 18.1. The van der Waals surface area contributed by atoms with Crippen LogP contribution in [-0.4, -0.2) is 35.7 Å². The number of ether oxygens (including phenoxy) is 1. The van der Waals surface area contributed by atoms with E-state index in [0.29, 0.717) is 23.5 Å². The summed E-state index contributed by atoms with van der Waals surface area (Å²) < 4.78 is 14.7. The van der Waals surface area contributed by atoms with Crippen LogP contribution >= 0.6 is 7.82 Å². The van der Waals surface area contributed by atoms with Crippen LogP contribution in [0, 0.1) is 0 Å². The van der Waals surface area contributed by atoms with Crippen molar-refractivity contribution in [1.29, 1.82) is 0 Å². The fourth-order valence-electron chi connectivity index (χ4n) is 2.89. The molecule has 0 atom stereocenters. The van der Waals surface area contributed by atoms with Crippen LogP contribution in [-0.2, 0) is 11.2 Å². The molecule has 0 spiro atoms. The number of aromatic carboxylic acids is 1. The lowest BCUT2D eigenvalue weighted by Gasteiger charge is -2.06. The van der Waals surface area contributed by atoms with Gasteiger partial charge in [0.25, 0.3) is 0 Å². The van der Waals surface area contributed by atoms with Crippen molar-refractivity contribution in [3.8, 4) is 5.75 Å². The molecule has 0 aliphatic rings. The Hall–Kier alpha value is -3.75. The van der Waals surface area contributed by atoms with Crippen molar-refractivity contribution < 1.29 is 33.9 Å². The number of imidazole rings is 1. The highest BCUT2D eigenvalue weighted by atomic mass is 31.2. The molecule has 0 fully saturated rings. The Morgan fingerprint density at radius 1 is 0.939 bits per heavy atom. The lowest BCUT2D eigenvalue weighted by Crippen LogP contribution is -1.96. The number of nitrogens with zero attached hydrogens (tertiary/aromatic N) is 1. The lowest BCUT2D eigenvalue weighted by molar-refractivity contribution is 0.0698. The average molecular weight is 468 g/mol. The average Bonchev–Trinajstić information content (AvgIpc) is 3.19. The molecular weight excluding hydrogens is 447 g/mol. The third kappa shape index (κ3) is 7.71. The molecule has 0 unspecified atom stereocenters. The number of carboxylic acids is 1. The van der Waals surface area contributed by atoms with Gasteiger partial charge in [0, 0.05) is 0 Å². The third-order valence-corrected chi connectivity index (χ3v) is 4.32. The van der Waals surface area contributed by atoms with Gasteiger partial charge in [0.1, 0.15) is 23.7 Å². The first-order valence-corrected chi connectivity index (χ1v) is 11.2. The normalized spacial score (nSPS) is 11.2. The molecule has 4 aromatic rings. The van der Waals surface area contributed by atoms with Gasteiger partial charge in [0.15, 0.2) is 0 Å². The molecule has 1 aromatic heterocycles. The predicted octanol–water partition coefficient (Wildman–Crippen LogP) is 4.08. The first-order chi connectivity index (χ1) is 15.7. The standard InChI is InChI=1S/C23H18N2O3.H3O4P/c26-23(27)19-7-4-8-20-22(19)25-21(24-20)14-11-16-9-12-18(13-10-16)28-15-17-5-2-1-3-6-17;1-5(2,3)4/h1-14H,15H2,(H,24,25)(H,26,27);(H3,1,2,3,4)/b14-11+;. The first kappa shape index (κ1) is 23.9. The van der Waals surface area contributed by atoms with E-state index in [4.69, 9.17) is 24.0 Å². The van der Waals surface area contributed by atoms with Crippen LogP contribution in [0.15, 0.2) is 72.8 Å². The van der Waals surface area contributed by atoms with Gasteiger partial charge in [-0.1, -0.05) is 54.6 Å². The van der Waals surface area contributed by atoms with Gasteiger partial charge in [-0.3, -0.25) is 0 Å². The molecule has 0 bridgehead atoms. The summed E-state index contributed by atoms with van der Waals surface area (Å²) in [6.45, 7) is 0.529.